The van der Waals surface area contributed by atoms with E-state index in [0.717, 1.165) is 17.4 Å². The Morgan fingerprint density at radius 1 is 1.17 bits per heavy atom. The minimum absolute atomic E-state index is 0.187. The van der Waals surface area contributed by atoms with Crippen LogP contribution in [0.25, 0.3) is 0 Å². The first-order valence-corrected chi connectivity index (χ1v) is 7.59. The minimum atomic E-state index is -0.187. The minimum Gasteiger partial charge on any atom is -0.330 e. The van der Waals surface area contributed by atoms with Crippen molar-refractivity contribution in [2.24, 2.45) is 11.1 Å². The molecule has 18 heavy (non-hydrogen) atoms. The van der Waals surface area contributed by atoms with Crippen LogP contribution in [0.4, 0.5) is 4.39 Å². The van der Waals surface area contributed by atoms with E-state index < -0.39 is 0 Å². The van der Waals surface area contributed by atoms with E-state index in [4.69, 9.17) is 5.73 Å². The fraction of sp³-hybridized carbons (Fsp3) is 0.600. The van der Waals surface area contributed by atoms with E-state index in [0.29, 0.717) is 0 Å². The van der Waals surface area contributed by atoms with Crippen molar-refractivity contribution >= 4 is 15.9 Å². The van der Waals surface area contributed by atoms with Crippen LogP contribution in [-0.2, 0) is 6.42 Å². The number of halogens is 2. The summed E-state index contributed by atoms with van der Waals surface area (Å²) in [6.45, 7) is 0.733. The summed E-state index contributed by atoms with van der Waals surface area (Å²) in [6.07, 6.45) is 8.57. The summed E-state index contributed by atoms with van der Waals surface area (Å²) < 4.78 is 14.0. The Labute approximate surface area is 117 Å². The second kappa shape index (κ2) is 6.16. The number of benzene rings is 1. The smallest absolute Gasteiger partial charge is 0.124 e. The van der Waals surface area contributed by atoms with Crippen molar-refractivity contribution in [3.05, 3.63) is 34.1 Å². The molecule has 1 aromatic rings. The third-order valence-electron chi connectivity index (χ3n) is 4.18. The second-order valence-corrected chi connectivity index (χ2v) is 6.39. The molecule has 1 aliphatic rings. The standard InChI is InChI=1S/C15H21BrFN/c16-14-9-13(17)6-5-12(14)10-15(11-18)7-3-1-2-4-8-15/h5-6,9H,1-4,7-8,10-11,18H2. The molecule has 3 heteroatoms. The van der Waals surface area contributed by atoms with Gasteiger partial charge >= 0.3 is 0 Å². The molecule has 0 radical (unpaired) electrons. The van der Waals surface area contributed by atoms with E-state index in [1.807, 2.05) is 6.07 Å². The average molecular weight is 314 g/mol. The first kappa shape index (κ1) is 14.0. The highest BCUT2D eigenvalue weighted by molar-refractivity contribution is 9.10. The summed E-state index contributed by atoms with van der Waals surface area (Å²) in [6, 6.07) is 4.99. The van der Waals surface area contributed by atoms with Crippen LogP contribution in [0, 0.1) is 11.2 Å². The molecule has 1 aromatic carbocycles. The van der Waals surface area contributed by atoms with Crippen LogP contribution < -0.4 is 5.73 Å². The molecule has 0 aliphatic heterocycles. The lowest BCUT2D eigenvalue weighted by Crippen LogP contribution is -2.32. The Morgan fingerprint density at radius 2 is 1.83 bits per heavy atom. The van der Waals surface area contributed by atoms with Crippen molar-refractivity contribution < 1.29 is 4.39 Å². The predicted molar refractivity (Wildman–Crippen MR) is 77.0 cm³/mol. The molecule has 0 unspecified atom stereocenters. The Bertz CT molecular complexity index is 397. The lowest BCUT2D eigenvalue weighted by atomic mass is 9.75. The normalized spacial score (nSPS) is 19.5. The van der Waals surface area contributed by atoms with Crippen LogP contribution in [0.2, 0.25) is 0 Å². The lowest BCUT2D eigenvalue weighted by molar-refractivity contribution is 0.252. The van der Waals surface area contributed by atoms with E-state index in [2.05, 4.69) is 15.9 Å². The van der Waals surface area contributed by atoms with Crippen molar-refractivity contribution in [1.29, 1.82) is 0 Å². The molecule has 1 aliphatic carbocycles. The summed E-state index contributed by atoms with van der Waals surface area (Å²) >= 11 is 3.47. The van der Waals surface area contributed by atoms with Gasteiger partial charge in [0.25, 0.3) is 0 Å². The molecule has 0 saturated heterocycles. The predicted octanol–water partition coefficient (Wildman–Crippen LogP) is 4.43. The maximum atomic E-state index is 13.1. The van der Waals surface area contributed by atoms with E-state index in [1.54, 1.807) is 12.1 Å². The highest BCUT2D eigenvalue weighted by Crippen LogP contribution is 2.38. The van der Waals surface area contributed by atoms with Gasteiger partial charge in [-0.1, -0.05) is 47.7 Å². The second-order valence-electron chi connectivity index (χ2n) is 5.53. The molecule has 0 aromatic heterocycles. The highest BCUT2D eigenvalue weighted by Gasteiger charge is 2.30. The maximum absolute atomic E-state index is 13.1. The monoisotopic (exact) mass is 313 g/mol. The Hall–Kier alpha value is -0.410. The van der Waals surface area contributed by atoms with E-state index in [9.17, 15) is 4.39 Å². The molecule has 0 spiro atoms. The SMILES string of the molecule is NCC1(Cc2ccc(F)cc2Br)CCCCCC1. The van der Waals surface area contributed by atoms with E-state index >= 15 is 0 Å². The van der Waals surface area contributed by atoms with Gasteiger partial charge in [-0.05, 0) is 48.9 Å². The van der Waals surface area contributed by atoms with Gasteiger partial charge < -0.3 is 5.73 Å². The quantitative estimate of drug-likeness (QED) is 0.821. The van der Waals surface area contributed by atoms with Crippen LogP contribution in [-0.4, -0.2) is 6.54 Å². The van der Waals surface area contributed by atoms with Crippen LogP contribution in [0.3, 0.4) is 0 Å². The van der Waals surface area contributed by atoms with Crippen molar-refractivity contribution in [2.45, 2.75) is 44.9 Å². The molecular weight excluding hydrogens is 293 g/mol. The Morgan fingerprint density at radius 3 is 2.39 bits per heavy atom. The zero-order valence-corrected chi connectivity index (χ0v) is 12.3. The van der Waals surface area contributed by atoms with Crippen molar-refractivity contribution in [3.63, 3.8) is 0 Å². The highest BCUT2D eigenvalue weighted by atomic mass is 79.9. The lowest BCUT2D eigenvalue weighted by Gasteiger charge is -2.32. The number of rotatable bonds is 3. The van der Waals surface area contributed by atoms with Gasteiger partial charge in [0.2, 0.25) is 0 Å². The number of nitrogens with two attached hydrogens (primary N) is 1. The third-order valence-corrected chi connectivity index (χ3v) is 4.92. The number of hydrogen-bond acceptors (Lipinski definition) is 1. The fourth-order valence-electron chi connectivity index (χ4n) is 3.00. The van der Waals surface area contributed by atoms with Gasteiger partial charge in [-0.3, -0.25) is 0 Å². The van der Waals surface area contributed by atoms with Gasteiger partial charge in [-0.15, -0.1) is 0 Å². The average Bonchev–Trinajstić information content (AvgIpc) is 2.59. The largest absolute Gasteiger partial charge is 0.330 e. The molecule has 1 fully saturated rings. The first-order valence-electron chi connectivity index (χ1n) is 6.79. The van der Waals surface area contributed by atoms with Crippen LogP contribution in [0.5, 0.6) is 0 Å². The van der Waals surface area contributed by atoms with Gasteiger partial charge in [-0.2, -0.15) is 0 Å². The molecule has 2 N–H and O–H groups in total. The topological polar surface area (TPSA) is 26.0 Å². The molecule has 2 rings (SSSR count). The van der Waals surface area contributed by atoms with Crippen molar-refractivity contribution in [2.75, 3.05) is 6.54 Å². The van der Waals surface area contributed by atoms with Gasteiger partial charge in [0.15, 0.2) is 0 Å². The molecule has 1 saturated carbocycles. The summed E-state index contributed by atoms with van der Waals surface area (Å²) in [7, 11) is 0. The third kappa shape index (κ3) is 3.33. The molecule has 0 amide bonds. The Balaban J connectivity index is 2.18. The Kier molecular flexibility index (Phi) is 4.79. The van der Waals surface area contributed by atoms with E-state index in [-0.39, 0.29) is 11.2 Å². The first-order chi connectivity index (χ1) is 8.65. The summed E-state index contributed by atoms with van der Waals surface area (Å²) in [5.41, 5.74) is 7.45. The maximum Gasteiger partial charge on any atom is 0.124 e. The zero-order chi connectivity index (χ0) is 13.0. The summed E-state index contributed by atoms with van der Waals surface area (Å²) in [5, 5.41) is 0. The van der Waals surface area contributed by atoms with E-state index in [1.165, 1.54) is 44.1 Å². The van der Waals surface area contributed by atoms with Crippen molar-refractivity contribution in [3.8, 4) is 0 Å². The van der Waals surface area contributed by atoms with Gasteiger partial charge in [0.1, 0.15) is 5.82 Å². The number of hydrogen-bond donors (Lipinski definition) is 1. The zero-order valence-electron chi connectivity index (χ0n) is 10.7. The van der Waals surface area contributed by atoms with Gasteiger partial charge in [0.05, 0.1) is 0 Å². The molecule has 0 bridgehead atoms. The van der Waals surface area contributed by atoms with Crippen LogP contribution >= 0.6 is 15.9 Å². The molecule has 100 valence electrons. The molecule has 0 heterocycles. The molecule has 1 nitrogen and oxygen atoms in total. The van der Waals surface area contributed by atoms with Gasteiger partial charge in [-0.25, -0.2) is 4.39 Å². The molecule has 0 atom stereocenters. The molecular formula is C15H21BrFN. The van der Waals surface area contributed by atoms with Crippen molar-refractivity contribution in [1.82, 2.24) is 0 Å². The van der Waals surface area contributed by atoms with Crippen LogP contribution in [0.15, 0.2) is 22.7 Å². The summed E-state index contributed by atoms with van der Waals surface area (Å²) in [4.78, 5) is 0. The van der Waals surface area contributed by atoms with Gasteiger partial charge in [0, 0.05) is 4.47 Å². The fourth-order valence-corrected chi connectivity index (χ4v) is 3.49. The van der Waals surface area contributed by atoms with Crippen LogP contribution in [0.1, 0.15) is 44.1 Å². The summed E-state index contributed by atoms with van der Waals surface area (Å²) in [5.74, 6) is -0.187.